The number of nitrogens with zero attached hydrogens (tertiary/aromatic N) is 4. The number of anilines is 3. The van der Waals surface area contributed by atoms with Gasteiger partial charge in [0, 0.05) is 18.8 Å². The molecule has 0 bridgehead atoms. The van der Waals surface area contributed by atoms with Crippen LogP contribution in [0.2, 0.25) is 5.02 Å². The molecule has 7 nitrogen and oxygen atoms in total. The number of nitrogens with one attached hydrogen (secondary N) is 2. The molecule has 2 aromatic heterocycles. The van der Waals surface area contributed by atoms with Crippen LogP contribution >= 0.6 is 11.6 Å². The van der Waals surface area contributed by atoms with Gasteiger partial charge in [-0.1, -0.05) is 11.6 Å². The number of hydrogen-bond acceptors (Lipinski definition) is 6. The Morgan fingerprint density at radius 1 is 1.26 bits per heavy atom. The summed E-state index contributed by atoms with van der Waals surface area (Å²) in [5.41, 5.74) is 0.137. The van der Waals surface area contributed by atoms with Crippen molar-refractivity contribution in [3.05, 3.63) is 35.1 Å². The maximum atomic E-state index is 13.1. The number of aliphatic hydroxyl groups excluding tert-OH is 1. The number of rotatable bonds is 6. The summed E-state index contributed by atoms with van der Waals surface area (Å²) in [6, 6.07) is 3.50. The van der Waals surface area contributed by atoms with Crippen molar-refractivity contribution in [3.8, 4) is 0 Å². The summed E-state index contributed by atoms with van der Waals surface area (Å²) in [6.07, 6.45) is -3.00. The Hall–Kier alpha value is -2.59. The van der Waals surface area contributed by atoms with Gasteiger partial charge in [-0.05, 0) is 25.1 Å². The number of hydrogen-bond donors (Lipinski definition) is 3. The fourth-order valence-electron chi connectivity index (χ4n) is 2.47. The van der Waals surface area contributed by atoms with Crippen molar-refractivity contribution < 1.29 is 18.3 Å². The third-order valence-electron chi connectivity index (χ3n) is 3.73. The van der Waals surface area contributed by atoms with Crippen LogP contribution in [-0.4, -0.2) is 37.8 Å². The van der Waals surface area contributed by atoms with Crippen LogP contribution in [-0.2, 0) is 12.7 Å². The zero-order valence-corrected chi connectivity index (χ0v) is 14.9. The van der Waals surface area contributed by atoms with Gasteiger partial charge in [0.1, 0.15) is 0 Å². The molecule has 0 amide bonds. The molecule has 2 heterocycles. The first-order valence-corrected chi connectivity index (χ1v) is 8.42. The van der Waals surface area contributed by atoms with Crippen LogP contribution in [0, 0.1) is 0 Å². The molecule has 0 fully saturated rings. The predicted molar refractivity (Wildman–Crippen MR) is 96.3 cm³/mol. The monoisotopic (exact) mass is 400 g/mol. The van der Waals surface area contributed by atoms with Gasteiger partial charge in [-0.3, -0.25) is 0 Å². The van der Waals surface area contributed by atoms with E-state index in [4.69, 9.17) is 16.7 Å². The zero-order chi connectivity index (χ0) is 19.6. The normalized spacial score (nSPS) is 11.8. The molecule has 0 saturated heterocycles. The van der Waals surface area contributed by atoms with E-state index >= 15 is 0 Å². The minimum Gasteiger partial charge on any atom is -0.395 e. The molecule has 0 radical (unpaired) electrons. The Balaban J connectivity index is 2.04. The number of halogens is 4. The summed E-state index contributed by atoms with van der Waals surface area (Å²) in [4.78, 5) is 12.8. The summed E-state index contributed by atoms with van der Waals surface area (Å²) in [5, 5.41) is 14.3. The first-order chi connectivity index (χ1) is 12.8. The highest BCUT2D eigenvalue weighted by Gasteiger charge is 2.33. The summed E-state index contributed by atoms with van der Waals surface area (Å²) < 4.78 is 41.0. The Bertz CT molecular complexity index is 959. The molecular weight excluding hydrogens is 385 g/mol. The average molecular weight is 401 g/mol. The lowest BCUT2D eigenvalue weighted by atomic mass is 10.2. The molecule has 3 aromatic rings. The topological polar surface area (TPSA) is 87.9 Å². The van der Waals surface area contributed by atoms with Crippen LogP contribution in [0.15, 0.2) is 24.5 Å². The van der Waals surface area contributed by atoms with E-state index in [1.165, 1.54) is 12.1 Å². The molecule has 3 rings (SSSR count). The fraction of sp³-hybridized carbons (Fsp3) is 0.312. The van der Waals surface area contributed by atoms with Gasteiger partial charge in [-0.25, -0.2) is 4.98 Å². The standard InChI is InChI=1S/C16H16ClF3N6O/c1-2-26-8-22-12-13(24-15(21-5-6-27)25-14(12)26)23-9-3-4-11(17)10(7-9)16(18,19)20/h3-4,7-8,27H,2,5-6H2,1H3,(H2,21,23,24,25). The number of fused-ring (bicyclic) bond motifs is 1. The number of aryl methyl sites for hydroxylation is 1. The van der Waals surface area contributed by atoms with Crippen LogP contribution in [0.4, 0.5) is 30.6 Å². The van der Waals surface area contributed by atoms with Crippen molar-refractivity contribution in [3.63, 3.8) is 0 Å². The van der Waals surface area contributed by atoms with Crippen molar-refractivity contribution >= 4 is 40.2 Å². The third kappa shape index (κ3) is 4.06. The van der Waals surface area contributed by atoms with Gasteiger partial charge in [0.25, 0.3) is 0 Å². The largest absolute Gasteiger partial charge is 0.417 e. The highest BCUT2D eigenvalue weighted by Crippen LogP contribution is 2.37. The summed E-state index contributed by atoms with van der Waals surface area (Å²) in [6.45, 7) is 2.62. The van der Waals surface area contributed by atoms with E-state index in [9.17, 15) is 13.2 Å². The molecule has 0 atom stereocenters. The Morgan fingerprint density at radius 3 is 2.70 bits per heavy atom. The second kappa shape index (κ2) is 7.57. The second-order valence-electron chi connectivity index (χ2n) is 5.57. The maximum absolute atomic E-state index is 13.1. The fourth-order valence-corrected chi connectivity index (χ4v) is 2.69. The van der Waals surface area contributed by atoms with E-state index in [1.54, 1.807) is 10.9 Å². The predicted octanol–water partition coefficient (Wildman–Crippen LogP) is 3.67. The van der Waals surface area contributed by atoms with E-state index in [0.29, 0.717) is 17.7 Å². The highest BCUT2D eigenvalue weighted by atomic mass is 35.5. The number of alkyl halides is 3. The van der Waals surface area contributed by atoms with Gasteiger partial charge in [0.05, 0.1) is 23.5 Å². The van der Waals surface area contributed by atoms with E-state index in [2.05, 4.69) is 25.6 Å². The van der Waals surface area contributed by atoms with E-state index in [-0.39, 0.29) is 35.6 Å². The van der Waals surface area contributed by atoms with Crippen LogP contribution in [0.25, 0.3) is 11.2 Å². The zero-order valence-electron chi connectivity index (χ0n) is 14.2. The molecule has 0 aliphatic heterocycles. The summed E-state index contributed by atoms with van der Waals surface area (Å²) in [7, 11) is 0. The van der Waals surface area contributed by atoms with Gasteiger partial charge in [-0.15, -0.1) is 0 Å². The minimum absolute atomic E-state index is 0.122. The lowest BCUT2D eigenvalue weighted by Gasteiger charge is -2.13. The molecule has 0 spiro atoms. The van der Waals surface area contributed by atoms with Gasteiger partial charge in [0.15, 0.2) is 17.0 Å². The van der Waals surface area contributed by atoms with Crippen molar-refractivity contribution in [2.45, 2.75) is 19.6 Å². The van der Waals surface area contributed by atoms with Crippen molar-refractivity contribution in [1.82, 2.24) is 19.5 Å². The molecule has 11 heteroatoms. The summed E-state index contributed by atoms with van der Waals surface area (Å²) >= 11 is 5.66. The van der Waals surface area contributed by atoms with E-state index < -0.39 is 11.7 Å². The smallest absolute Gasteiger partial charge is 0.395 e. The van der Waals surface area contributed by atoms with Crippen LogP contribution in [0.1, 0.15) is 12.5 Å². The lowest BCUT2D eigenvalue weighted by molar-refractivity contribution is -0.137. The van der Waals surface area contributed by atoms with Gasteiger partial charge >= 0.3 is 6.18 Å². The highest BCUT2D eigenvalue weighted by molar-refractivity contribution is 6.31. The van der Waals surface area contributed by atoms with Gasteiger partial charge in [0.2, 0.25) is 5.95 Å². The molecular formula is C16H16ClF3N6O. The first kappa shape index (κ1) is 19.2. The molecule has 0 aliphatic rings. The number of benzene rings is 1. The Morgan fingerprint density at radius 2 is 2.04 bits per heavy atom. The van der Waals surface area contributed by atoms with Crippen LogP contribution in [0.5, 0.6) is 0 Å². The third-order valence-corrected chi connectivity index (χ3v) is 4.06. The molecule has 0 aliphatic carbocycles. The van der Waals surface area contributed by atoms with Gasteiger partial charge < -0.3 is 20.3 Å². The molecule has 27 heavy (non-hydrogen) atoms. The SMILES string of the molecule is CCn1cnc2c(Nc3ccc(Cl)c(C(F)(F)F)c3)nc(NCCO)nc21. The quantitative estimate of drug-likeness (QED) is 0.585. The first-order valence-electron chi connectivity index (χ1n) is 8.05. The second-order valence-corrected chi connectivity index (χ2v) is 5.97. The number of imidazole rings is 1. The van der Waals surface area contributed by atoms with Crippen LogP contribution in [0.3, 0.4) is 0 Å². The van der Waals surface area contributed by atoms with E-state index in [1.807, 2.05) is 6.92 Å². The van der Waals surface area contributed by atoms with E-state index in [0.717, 1.165) is 6.07 Å². The number of aromatic nitrogens is 4. The summed E-state index contributed by atoms with van der Waals surface area (Å²) in [5.74, 6) is 0.461. The van der Waals surface area contributed by atoms with Crippen molar-refractivity contribution in [2.75, 3.05) is 23.8 Å². The van der Waals surface area contributed by atoms with Crippen molar-refractivity contribution in [2.24, 2.45) is 0 Å². The molecule has 0 unspecified atom stereocenters. The minimum atomic E-state index is -4.58. The Kier molecular flexibility index (Phi) is 5.38. The molecule has 144 valence electrons. The molecule has 3 N–H and O–H groups in total. The molecule has 1 aromatic carbocycles. The van der Waals surface area contributed by atoms with Crippen molar-refractivity contribution in [1.29, 1.82) is 0 Å². The molecule has 0 saturated carbocycles. The van der Waals surface area contributed by atoms with Gasteiger partial charge in [-0.2, -0.15) is 23.1 Å². The number of aliphatic hydroxyl groups is 1. The average Bonchev–Trinajstić information content (AvgIpc) is 3.04. The maximum Gasteiger partial charge on any atom is 0.417 e. The lowest BCUT2D eigenvalue weighted by Crippen LogP contribution is -2.11. The Labute approximate surface area is 157 Å². The van der Waals surface area contributed by atoms with Crippen LogP contribution < -0.4 is 10.6 Å².